The third kappa shape index (κ3) is 3.87. The van der Waals surface area contributed by atoms with Crippen LogP contribution in [0.2, 0.25) is 0 Å². The van der Waals surface area contributed by atoms with Crippen LogP contribution in [0.4, 0.5) is 0 Å². The number of hydrogen-bond donors (Lipinski definition) is 0. The van der Waals surface area contributed by atoms with Crippen LogP contribution in [0.5, 0.6) is 5.75 Å². The number of carbonyl (C=O) groups is 1. The molecule has 1 aromatic heterocycles. The molecule has 0 saturated carbocycles. The molecule has 2 atom stereocenters. The van der Waals surface area contributed by atoms with Gasteiger partial charge in [0.05, 0.1) is 12.9 Å². The molecule has 7 heteroatoms. The summed E-state index contributed by atoms with van der Waals surface area (Å²) in [4.78, 5) is 14.8. The number of carbonyl (C=O) groups excluding carboxylic acids is 1. The molecule has 140 valence electrons. The summed E-state index contributed by atoms with van der Waals surface area (Å²) in [5.41, 5.74) is 0.961. The number of hydrogen-bond acceptors (Lipinski definition) is 5. The van der Waals surface area contributed by atoms with Crippen LogP contribution in [0, 0.1) is 6.92 Å². The minimum Gasteiger partial charge on any atom is -0.497 e. The fourth-order valence-electron chi connectivity index (χ4n) is 3.58. The molecule has 0 bridgehead atoms. The Morgan fingerprint density at radius 1 is 1.19 bits per heavy atom. The van der Waals surface area contributed by atoms with Gasteiger partial charge in [0.15, 0.2) is 5.16 Å². The van der Waals surface area contributed by atoms with Crippen LogP contribution in [-0.2, 0) is 4.79 Å². The molecule has 3 rings (SSSR count). The topological polar surface area (TPSA) is 60.2 Å². The number of amides is 1. The fraction of sp³-hybridized carbons (Fsp3) is 0.526. The summed E-state index contributed by atoms with van der Waals surface area (Å²) in [6.45, 7) is 6.20. The van der Waals surface area contributed by atoms with Crippen molar-refractivity contribution in [2.45, 2.75) is 57.3 Å². The highest BCUT2D eigenvalue weighted by molar-refractivity contribution is 7.99. The van der Waals surface area contributed by atoms with Crippen LogP contribution in [0.1, 0.15) is 38.9 Å². The predicted molar refractivity (Wildman–Crippen MR) is 103 cm³/mol. The molecule has 0 radical (unpaired) electrons. The van der Waals surface area contributed by atoms with Crippen molar-refractivity contribution >= 4 is 17.7 Å². The van der Waals surface area contributed by atoms with Crippen molar-refractivity contribution in [1.29, 1.82) is 0 Å². The molecule has 1 aromatic carbocycles. The first-order valence-electron chi connectivity index (χ1n) is 9.01. The van der Waals surface area contributed by atoms with Crippen LogP contribution < -0.4 is 4.74 Å². The highest BCUT2D eigenvalue weighted by Gasteiger charge is 2.29. The van der Waals surface area contributed by atoms with Crippen molar-refractivity contribution < 1.29 is 9.53 Å². The van der Waals surface area contributed by atoms with Gasteiger partial charge in [-0.15, -0.1) is 10.2 Å². The van der Waals surface area contributed by atoms with E-state index in [1.807, 2.05) is 40.7 Å². The molecule has 0 aliphatic carbocycles. The second-order valence-corrected chi connectivity index (χ2v) is 7.72. The zero-order valence-electron chi connectivity index (χ0n) is 15.8. The number of likely N-dealkylation sites (tertiary alicyclic amines) is 1. The van der Waals surface area contributed by atoms with E-state index in [0.717, 1.165) is 35.3 Å². The zero-order valence-corrected chi connectivity index (χ0v) is 16.6. The Kier molecular flexibility index (Phi) is 5.86. The summed E-state index contributed by atoms with van der Waals surface area (Å²) < 4.78 is 7.19. The van der Waals surface area contributed by atoms with Gasteiger partial charge < -0.3 is 9.64 Å². The van der Waals surface area contributed by atoms with Crippen LogP contribution in [-0.4, -0.2) is 50.5 Å². The van der Waals surface area contributed by atoms with E-state index in [0.29, 0.717) is 17.8 Å². The molecule has 26 heavy (non-hydrogen) atoms. The maximum Gasteiger partial charge on any atom is 0.233 e. The van der Waals surface area contributed by atoms with E-state index in [9.17, 15) is 4.79 Å². The molecule has 1 amide bonds. The standard InChI is InChI=1S/C19H26N4O2S/c1-13-6-5-7-14(2)22(13)18(24)12-26-19-21-20-15(3)23(19)16-8-10-17(25-4)11-9-16/h8-11,13-14H,5-7,12H2,1-4H3/t13-,14-/m0/s1. The van der Waals surface area contributed by atoms with Gasteiger partial charge in [0.2, 0.25) is 5.91 Å². The molecule has 1 aliphatic rings. The van der Waals surface area contributed by atoms with Gasteiger partial charge in [-0.2, -0.15) is 0 Å². The number of methoxy groups -OCH3 is 1. The lowest BCUT2D eigenvalue weighted by molar-refractivity contribution is -0.134. The average Bonchev–Trinajstić information content (AvgIpc) is 3.00. The van der Waals surface area contributed by atoms with Gasteiger partial charge >= 0.3 is 0 Å². The average molecular weight is 375 g/mol. The third-order valence-electron chi connectivity index (χ3n) is 4.93. The lowest BCUT2D eigenvalue weighted by Gasteiger charge is -2.39. The van der Waals surface area contributed by atoms with Crippen LogP contribution in [0.25, 0.3) is 5.69 Å². The number of aryl methyl sites for hydroxylation is 1. The molecule has 6 nitrogen and oxygen atoms in total. The summed E-state index contributed by atoms with van der Waals surface area (Å²) in [6.07, 6.45) is 3.37. The Hall–Kier alpha value is -2.02. The van der Waals surface area contributed by atoms with E-state index in [1.165, 1.54) is 18.2 Å². The SMILES string of the molecule is COc1ccc(-n2c(C)nnc2SCC(=O)N2[C@@H](C)CCC[C@@H]2C)cc1. The highest BCUT2D eigenvalue weighted by Crippen LogP contribution is 2.27. The van der Waals surface area contributed by atoms with Crippen LogP contribution in [0.3, 0.4) is 0 Å². The lowest BCUT2D eigenvalue weighted by Crippen LogP contribution is -2.48. The number of ether oxygens (including phenoxy) is 1. The number of nitrogens with zero attached hydrogens (tertiary/aromatic N) is 4. The second-order valence-electron chi connectivity index (χ2n) is 6.78. The minimum absolute atomic E-state index is 0.177. The molecular weight excluding hydrogens is 348 g/mol. The Morgan fingerprint density at radius 2 is 1.85 bits per heavy atom. The summed E-state index contributed by atoms with van der Waals surface area (Å²) >= 11 is 1.45. The van der Waals surface area contributed by atoms with Gasteiger partial charge in [0.1, 0.15) is 11.6 Å². The van der Waals surface area contributed by atoms with Crippen LogP contribution >= 0.6 is 11.8 Å². The number of rotatable bonds is 5. The van der Waals surface area contributed by atoms with E-state index in [4.69, 9.17) is 4.74 Å². The van der Waals surface area contributed by atoms with Gasteiger partial charge in [0.25, 0.3) is 0 Å². The van der Waals surface area contributed by atoms with Crippen molar-refractivity contribution in [2.24, 2.45) is 0 Å². The van der Waals surface area contributed by atoms with Gasteiger partial charge in [-0.3, -0.25) is 9.36 Å². The van der Waals surface area contributed by atoms with Crippen molar-refractivity contribution in [3.63, 3.8) is 0 Å². The van der Waals surface area contributed by atoms with E-state index >= 15 is 0 Å². The lowest BCUT2D eigenvalue weighted by atomic mass is 9.98. The molecule has 2 heterocycles. The first kappa shape index (κ1) is 18.8. The zero-order chi connectivity index (χ0) is 18.7. The summed E-state index contributed by atoms with van der Waals surface area (Å²) in [5.74, 6) is 2.15. The monoisotopic (exact) mass is 374 g/mol. The number of piperidine rings is 1. The molecule has 1 aliphatic heterocycles. The van der Waals surface area contributed by atoms with Crippen molar-refractivity contribution in [2.75, 3.05) is 12.9 Å². The van der Waals surface area contributed by atoms with Crippen molar-refractivity contribution in [1.82, 2.24) is 19.7 Å². The third-order valence-corrected chi connectivity index (χ3v) is 5.85. The summed E-state index contributed by atoms with van der Waals surface area (Å²) in [6, 6.07) is 8.38. The Morgan fingerprint density at radius 3 is 2.46 bits per heavy atom. The smallest absolute Gasteiger partial charge is 0.233 e. The van der Waals surface area contributed by atoms with Crippen LogP contribution in [0.15, 0.2) is 29.4 Å². The maximum atomic E-state index is 12.8. The summed E-state index contributed by atoms with van der Waals surface area (Å²) in [7, 11) is 1.65. The Bertz CT molecular complexity index is 749. The number of benzene rings is 1. The van der Waals surface area contributed by atoms with Gasteiger partial charge in [-0.05, 0) is 64.3 Å². The molecule has 1 fully saturated rings. The molecular formula is C19H26N4O2S. The predicted octanol–water partition coefficient (Wildman–Crippen LogP) is 3.47. The maximum absolute atomic E-state index is 12.8. The van der Waals surface area contributed by atoms with Crippen molar-refractivity contribution in [3.8, 4) is 11.4 Å². The van der Waals surface area contributed by atoms with E-state index in [1.54, 1.807) is 7.11 Å². The van der Waals surface area contributed by atoms with Gasteiger partial charge in [0, 0.05) is 17.8 Å². The first-order chi connectivity index (χ1) is 12.5. The Balaban J connectivity index is 1.73. The molecule has 2 aromatic rings. The van der Waals surface area contributed by atoms with E-state index < -0.39 is 0 Å². The normalized spacial score (nSPS) is 20.2. The fourth-order valence-corrected chi connectivity index (χ4v) is 4.45. The van der Waals surface area contributed by atoms with Gasteiger partial charge in [-0.25, -0.2) is 0 Å². The number of thioether (sulfide) groups is 1. The minimum atomic E-state index is 0.177. The van der Waals surface area contributed by atoms with E-state index in [2.05, 4.69) is 24.0 Å². The molecule has 1 saturated heterocycles. The summed E-state index contributed by atoms with van der Waals surface area (Å²) in [5, 5.41) is 9.19. The second kappa shape index (κ2) is 8.12. The first-order valence-corrected chi connectivity index (χ1v) is 10.00. The molecule has 0 N–H and O–H groups in total. The number of aromatic nitrogens is 3. The van der Waals surface area contributed by atoms with Crippen molar-refractivity contribution in [3.05, 3.63) is 30.1 Å². The Labute approximate surface area is 158 Å². The molecule has 0 spiro atoms. The highest BCUT2D eigenvalue weighted by atomic mass is 32.2. The van der Waals surface area contributed by atoms with Gasteiger partial charge in [-0.1, -0.05) is 11.8 Å². The molecule has 0 unspecified atom stereocenters. The largest absolute Gasteiger partial charge is 0.497 e. The quantitative estimate of drug-likeness (QED) is 0.750. The van der Waals surface area contributed by atoms with E-state index in [-0.39, 0.29) is 5.91 Å².